The molecule has 0 aliphatic heterocycles. The zero-order valence-corrected chi connectivity index (χ0v) is 12.2. The summed E-state index contributed by atoms with van der Waals surface area (Å²) in [6.07, 6.45) is 0.428. The summed E-state index contributed by atoms with van der Waals surface area (Å²) >= 11 is 2.11. The molecular formula is C12H15IO4. The van der Waals surface area contributed by atoms with Crippen LogP contribution in [-0.4, -0.2) is 26.3 Å². The van der Waals surface area contributed by atoms with Gasteiger partial charge in [-0.3, -0.25) is 4.79 Å². The zero-order valence-electron chi connectivity index (χ0n) is 10.0. The summed E-state index contributed by atoms with van der Waals surface area (Å²) in [7, 11) is 1.52. The van der Waals surface area contributed by atoms with E-state index in [-0.39, 0.29) is 6.29 Å². The first-order valence-corrected chi connectivity index (χ1v) is 6.31. The Hall–Kier alpha value is -0.820. The van der Waals surface area contributed by atoms with E-state index in [1.165, 1.54) is 7.11 Å². The van der Waals surface area contributed by atoms with Crippen LogP contribution in [0.5, 0.6) is 11.5 Å². The van der Waals surface area contributed by atoms with Gasteiger partial charge in [0.25, 0.3) is 0 Å². The number of methoxy groups -OCH3 is 1. The fourth-order valence-corrected chi connectivity index (χ4v) is 1.98. The van der Waals surface area contributed by atoms with E-state index in [2.05, 4.69) is 22.6 Å². The van der Waals surface area contributed by atoms with Gasteiger partial charge in [0, 0.05) is 12.7 Å². The van der Waals surface area contributed by atoms with Crippen LogP contribution in [0.25, 0.3) is 0 Å². The minimum atomic E-state index is -0.333. The number of halogens is 1. The first kappa shape index (κ1) is 14.2. The summed E-state index contributed by atoms with van der Waals surface area (Å²) < 4.78 is 16.9. The summed E-state index contributed by atoms with van der Waals surface area (Å²) in [6.45, 7) is 4.31. The average molecular weight is 350 g/mol. The highest BCUT2D eigenvalue weighted by Crippen LogP contribution is 2.30. The van der Waals surface area contributed by atoms with Crippen LogP contribution >= 0.6 is 22.6 Å². The topological polar surface area (TPSA) is 44.8 Å². The quantitative estimate of drug-likeness (QED) is 0.450. The monoisotopic (exact) mass is 350 g/mol. The summed E-state index contributed by atoms with van der Waals surface area (Å²) in [5.41, 5.74) is 0.508. The van der Waals surface area contributed by atoms with Gasteiger partial charge in [0.15, 0.2) is 12.6 Å². The van der Waals surface area contributed by atoms with Crippen LogP contribution in [0, 0.1) is 3.57 Å². The Kier molecular flexibility index (Phi) is 5.70. The molecule has 0 spiro atoms. The van der Waals surface area contributed by atoms with Crippen LogP contribution in [0.4, 0.5) is 0 Å². The maximum atomic E-state index is 10.8. The molecule has 0 radical (unpaired) electrons. The van der Waals surface area contributed by atoms with Crippen LogP contribution in [0.3, 0.4) is 0 Å². The molecule has 5 heteroatoms. The van der Waals surface area contributed by atoms with Crippen LogP contribution in [0.15, 0.2) is 12.1 Å². The van der Waals surface area contributed by atoms with Crippen molar-refractivity contribution in [1.82, 2.24) is 0 Å². The lowest BCUT2D eigenvalue weighted by molar-refractivity contribution is -0.0618. The molecule has 0 bridgehead atoms. The summed E-state index contributed by atoms with van der Waals surface area (Å²) in [6, 6.07) is 3.42. The molecule has 94 valence electrons. The SMILES string of the molecule is CCOC(C)Oc1cc(OC)c(C=O)cc1I. The molecule has 0 fully saturated rings. The number of carbonyl (C=O) groups is 1. The third-order valence-electron chi connectivity index (χ3n) is 2.11. The van der Waals surface area contributed by atoms with Gasteiger partial charge in [0.2, 0.25) is 0 Å². The molecular weight excluding hydrogens is 335 g/mol. The molecule has 0 aromatic heterocycles. The average Bonchev–Trinajstić information content (AvgIpc) is 2.31. The lowest BCUT2D eigenvalue weighted by Crippen LogP contribution is -2.16. The van der Waals surface area contributed by atoms with Gasteiger partial charge in [-0.05, 0) is 42.5 Å². The first-order chi connectivity index (χ1) is 8.12. The predicted octanol–water partition coefficient (Wildman–Crippen LogP) is 2.87. The molecule has 0 saturated carbocycles. The maximum absolute atomic E-state index is 10.8. The van der Waals surface area contributed by atoms with Gasteiger partial charge in [-0.2, -0.15) is 0 Å². The molecule has 17 heavy (non-hydrogen) atoms. The molecule has 1 atom stereocenters. The van der Waals surface area contributed by atoms with Crippen LogP contribution < -0.4 is 9.47 Å². The highest BCUT2D eigenvalue weighted by atomic mass is 127. The van der Waals surface area contributed by atoms with E-state index in [1.54, 1.807) is 12.1 Å². The Bertz CT molecular complexity index is 392. The van der Waals surface area contributed by atoms with E-state index in [0.717, 1.165) is 9.86 Å². The second-order valence-corrected chi connectivity index (χ2v) is 4.45. The highest BCUT2D eigenvalue weighted by Gasteiger charge is 2.12. The minimum Gasteiger partial charge on any atom is -0.496 e. The number of ether oxygens (including phenoxy) is 3. The zero-order chi connectivity index (χ0) is 12.8. The van der Waals surface area contributed by atoms with Crippen molar-refractivity contribution in [3.8, 4) is 11.5 Å². The van der Waals surface area contributed by atoms with E-state index in [0.29, 0.717) is 23.7 Å². The second kappa shape index (κ2) is 6.80. The fourth-order valence-electron chi connectivity index (χ4n) is 1.36. The van der Waals surface area contributed by atoms with E-state index >= 15 is 0 Å². The van der Waals surface area contributed by atoms with Gasteiger partial charge >= 0.3 is 0 Å². The van der Waals surface area contributed by atoms with Crippen LogP contribution in [0.1, 0.15) is 24.2 Å². The van der Waals surface area contributed by atoms with E-state index in [9.17, 15) is 4.79 Å². The molecule has 0 N–H and O–H groups in total. The van der Waals surface area contributed by atoms with Gasteiger partial charge in [0.05, 0.1) is 16.2 Å². The number of hydrogen-bond donors (Lipinski definition) is 0. The van der Waals surface area contributed by atoms with Crippen LogP contribution in [0.2, 0.25) is 0 Å². The molecule has 1 aromatic carbocycles. The molecule has 1 aromatic rings. The molecule has 0 aliphatic carbocycles. The normalized spacial score (nSPS) is 12.0. The number of carbonyl (C=O) groups excluding carboxylic acids is 1. The Balaban J connectivity index is 2.96. The van der Waals surface area contributed by atoms with Crippen LogP contribution in [-0.2, 0) is 4.74 Å². The summed E-state index contributed by atoms with van der Waals surface area (Å²) in [5, 5.41) is 0. The van der Waals surface area contributed by atoms with E-state index in [1.807, 2.05) is 13.8 Å². The van der Waals surface area contributed by atoms with Crippen molar-refractivity contribution in [3.05, 3.63) is 21.3 Å². The first-order valence-electron chi connectivity index (χ1n) is 5.23. The van der Waals surface area contributed by atoms with Crippen molar-refractivity contribution in [3.63, 3.8) is 0 Å². The molecule has 1 rings (SSSR count). The van der Waals surface area contributed by atoms with Crippen molar-refractivity contribution in [2.24, 2.45) is 0 Å². The third kappa shape index (κ3) is 3.85. The van der Waals surface area contributed by atoms with Crippen molar-refractivity contribution >= 4 is 28.9 Å². The number of hydrogen-bond acceptors (Lipinski definition) is 4. The van der Waals surface area contributed by atoms with E-state index in [4.69, 9.17) is 14.2 Å². The maximum Gasteiger partial charge on any atom is 0.197 e. The van der Waals surface area contributed by atoms with Crippen molar-refractivity contribution in [2.45, 2.75) is 20.1 Å². The van der Waals surface area contributed by atoms with Gasteiger partial charge < -0.3 is 14.2 Å². The lowest BCUT2D eigenvalue weighted by atomic mass is 10.2. The van der Waals surface area contributed by atoms with Gasteiger partial charge in [-0.15, -0.1) is 0 Å². The van der Waals surface area contributed by atoms with E-state index < -0.39 is 0 Å². The van der Waals surface area contributed by atoms with Crippen molar-refractivity contribution < 1.29 is 19.0 Å². The highest BCUT2D eigenvalue weighted by molar-refractivity contribution is 14.1. The smallest absolute Gasteiger partial charge is 0.197 e. The summed E-state index contributed by atoms with van der Waals surface area (Å²) in [5.74, 6) is 1.15. The van der Waals surface area contributed by atoms with Gasteiger partial charge in [0.1, 0.15) is 11.5 Å². The standard InChI is InChI=1S/C12H15IO4/c1-4-16-8(2)17-12-6-11(15-3)9(7-14)5-10(12)13/h5-8H,4H2,1-3H3. The minimum absolute atomic E-state index is 0.333. The lowest BCUT2D eigenvalue weighted by Gasteiger charge is -2.16. The van der Waals surface area contributed by atoms with Crippen molar-refractivity contribution in [1.29, 1.82) is 0 Å². The Morgan fingerprint density at radius 3 is 2.65 bits per heavy atom. The number of rotatable bonds is 6. The Labute approximate surface area is 114 Å². The molecule has 0 amide bonds. The fraction of sp³-hybridized carbons (Fsp3) is 0.417. The number of benzene rings is 1. The molecule has 4 nitrogen and oxygen atoms in total. The molecule has 0 aliphatic rings. The molecule has 0 saturated heterocycles. The molecule has 1 unspecified atom stereocenters. The second-order valence-electron chi connectivity index (χ2n) is 3.28. The summed E-state index contributed by atoms with van der Waals surface area (Å²) in [4.78, 5) is 10.8. The Morgan fingerprint density at radius 2 is 2.12 bits per heavy atom. The number of aldehydes is 1. The predicted molar refractivity (Wildman–Crippen MR) is 72.8 cm³/mol. The molecule has 0 heterocycles. The third-order valence-corrected chi connectivity index (χ3v) is 2.95. The van der Waals surface area contributed by atoms with Gasteiger partial charge in [-0.25, -0.2) is 0 Å². The largest absolute Gasteiger partial charge is 0.496 e. The Morgan fingerprint density at radius 1 is 1.41 bits per heavy atom. The van der Waals surface area contributed by atoms with Crippen molar-refractivity contribution in [2.75, 3.05) is 13.7 Å². The van der Waals surface area contributed by atoms with Gasteiger partial charge in [-0.1, -0.05) is 0 Å².